The van der Waals surface area contributed by atoms with Crippen molar-refractivity contribution in [2.24, 2.45) is 0 Å². The van der Waals surface area contributed by atoms with Gasteiger partial charge in [0.25, 0.3) is 10.1 Å². The molecule has 7 nitrogen and oxygen atoms in total. The van der Waals surface area contributed by atoms with Crippen molar-refractivity contribution in [2.45, 2.75) is 24.7 Å². The maximum atomic E-state index is 11.6. The van der Waals surface area contributed by atoms with Gasteiger partial charge in [0.15, 0.2) is 0 Å². The number of hydrogen-bond acceptors (Lipinski definition) is 4. The summed E-state index contributed by atoms with van der Waals surface area (Å²) in [6.45, 7) is 2.56. The number of anilines is 1. The van der Waals surface area contributed by atoms with Crippen molar-refractivity contribution < 1.29 is 22.5 Å². The minimum absolute atomic E-state index is 0. The monoisotopic (exact) mass is 342 g/mol. The van der Waals surface area contributed by atoms with Crippen LogP contribution in [-0.4, -0.2) is 84.0 Å². The van der Waals surface area contributed by atoms with Crippen molar-refractivity contribution in [2.75, 3.05) is 19.0 Å². The zero-order chi connectivity index (χ0) is 15.2. The fourth-order valence-electron chi connectivity index (χ4n) is 1.48. The van der Waals surface area contributed by atoms with Crippen molar-refractivity contribution in [3.8, 4) is 5.75 Å². The SMILES string of the molecule is CCCCNC(=O)Nc1ccc(S(=O)(=O)O)cc1OC.[KH]. The molecule has 2 amide bonds. The standard InChI is InChI=1S/C12H18N2O5S.K.H/c1-3-4-7-13-12(15)14-10-6-5-9(20(16,17)18)8-11(10)19-2;;/h5-6,8H,3-4,7H2,1-2H3,(H2,13,14,15)(H,16,17,18);;. The van der Waals surface area contributed by atoms with Crippen LogP contribution in [0.15, 0.2) is 23.1 Å². The Morgan fingerprint density at radius 2 is 2.05 bits per heavy atom. The van der Waals surface area contributed by atoms with Crippen LogP contribution in [0.2, 0.25) is 0 Å². The van der Waals surface area contributed by atoms with Crippen molar-refractivity contribution >= 4 is 73.2 Å². The molecule has 0 saturated carbocycles. The van der Waals surface area contributed by atoms with Crippen LogP contribution in [0, 0.1) is 0 Å². The van der Waals surface area contributed by atoms with Crippen LogP contribution >= 0.6 is 0 Å². The van der Waals surface area contributed by atoms with Gasteiger partial charge in [-0.25, -0.2) is 4.79 Å². The van der Waals surface area contributed by atoms with E-state index in [1.165, 1.54) is 19.2 Å². The molecule has 1 aromatic rings. The van der Waals surface area contributed by atoms with Crippen LogP contribution in [0.25, 0.3) is 0 Å². The number of ether oxygens (including phenoxy) is 1. The Bertz CT molecular complexity index is 577. The Morgan fingerprint density at radius 3 is 2.57 bits per heavy atom. The molecule has 0 aliphatic carbocycles. The Morgan fingerprint density at radius 1 is 1.38 bits per heavy atom. The topological polar surface area (TPSA) is 105 Å². The van der Waals surface area contributed by atoms with E-state index in [2.05, 4.69) is 10.6 Å². The molecule has 0 saturated heterocycles. The summed E-state index contributed by atoms with van der Waals surface area (Å²) >= 11 is 0. The van der Waals surface area contributed by atoms with Crippen LogP contribution in [0.5, 0.6) is 5.75 Å². The zero-order valence-electron chi connectivity index (χ0n) is 11.3. The van der Waals surface area contributed by atoms with Crippen LogP contribution in [0.3, 0.4) is 0 Å². The molecule has 0 heterocycles. The van der Waals surface area contributed by atoms with Gasteiger partial charge in [0, 0.05) is 12.6 Å². The number of unbranched alkanes of at least 4 members (excludes halogenated alkanes) is 1. The average molecular weight is 342 g/mol. The second-order valence-electron chi connectivity index (χ2n) is 4.07. The van der Waals surface area contributed by atoms with Gasteiger partial charge in [-0.3, -0.25) is 4.55 Å². The molecule has 3 N–H and O–H groups in total. The van der Waals surface area contributed by atoms with Gasteiger partial charge < -0.3 is 15.4 Å². The number of carbonyl (C=O) groups is 1. The maximum absolute atomic E-state index is 11.6. The predicted octanol–water partition coefficient (Wildman–Crippen LogP) is 1.21. The van der Waals surface area contributed by atoms with E-state index in [1.54, 1.807) is 0 Å². The predicted molar refractivity (Wildman–Crippen MR) is 81.9 cm³/mol. The van der Waals surface area contributed by atoms with E-state index >= 15 is 0 Å². The molecule has 0 atom stereocenters. The average Bonchev–Trinajstić information content (AvgIpc) is 2.38. The first-order valence-corrected chi connectivity index (χ1v) is 7.53. The summed E-state index contributed by atoms with van der Waals surface area (Å²) in [6, 6.07) is 3.26. The number of rotatable bonds is 6. The molecule has 1 rings (SSSR count). The first kappa shape index (κ1) is 20.8. The molecule has 0 fully saturated rings. The fourth-order valence-corrected chi connectivity index (χ4v) is 1.98. The van der Waals surface area contributed by atoms with Gasteiger partial charge in [-0.2, -0.15) is 8.42 Å². The summed E-state index contributed by atoms with van der Waals surface area (Å²) in [5, 5.41) is 5.20. The summed E-state index contributed by atoms with van der Waals surface area (Å²) in [6.07, 6.45) is 1.83. The molecule has 0 unspecified atom stereocenters. The number of benzene rings is 1. The minimum atomic E-state index is -4.31. The van der Waals surface area contributed by atoms with E-state index in [9.17, 15) is 13.2 Å². The molecule has 0 spiro atoms. The van der Waals surface area contributed by atoms with Gasteiger partial charge >= 0.3 is 57.4 Å². The van der Waals surface area contributed by atoms with E-state index in [4.69, 9.17) is 9.29 Å². The summed E-state index contributed by atoms with van der Waals surface area (Å²) in [5.74, 6) is 0.144. The van der Waals surface area contributed by atoms with E-state index in [0.29, 0.717) is 12.2 Å². The molecule has 0 bridgehead atoms. The molecule has 0 radical (unpaired) electrons. The van der Waals surface area contributed by atoms with Crippen LogP contribution in [-0.2, 0) is 10.1 Å². The zero-order valence-corrected chi connectivity index (χ0v) is 12.2. The molecule has 21 heavy (non-hydrogen) atoms. The van der Waals surface area contributed by atoms with Gasteiger partial charge in [0.1, 0.15) is 5.75 Å². The quantitative estimate of drug-likeness (QED) is 0.409. The summed E-state index contributed by atoms with van der Waals surface area (Å²) in [4.78, 5) is 11.3. The first-order valence-electron chi connectivity index (χ1n) is 6.09. The summed E-state index contributed by atoms with van der Waals surface area (Å²) in [7, 11) is -2.97. The van der Waals surface area contributed by atoms with Crippen LogP contribution in [0.1, 0.15) is 19.8 Å². The van der Waals surface area contributed by atoms with E-state index in [0.717, 1.165) is 18.9 Å². The normalized spacial score (nSPS) is 10.4. The second kappa shape index (κ2) is 9.77. The Balaban J connectivity index is 0.00000400. The molecule has 114 valence electrons. The number of nitrogens with one attached hydrogen (secondary N) is 2. The van der Waals surface area contributed by atoms with Crippen molar-refractivity contribution in [3.05, 3.63) is 18.2 Å². The Labute approximate surface area is 167 Å². The van der Waals surface area contributed by atoms with Gasteiger partial charge in [0.2, 0.25) is 0 Å². The molecule has 0 aliphatic rings. The Kier molecular flexibility index (Phi) is 9.70. The van der Waals surface area contributed by atoms with E-state index in [1.807, 2.05) is 6.92 Å². The van der Waals surface area contributed by atoms with E-state index < -0.39 is 16.1 Å². The molecular formula is C12H19KN2O5S. The van der Waals surface area contributed by atoms with Gasteiger partial charge in [-0.05, 0) is 18.6 Å². The Hall–Kier alpha value is -0.164. The fraction of sp³-hybridized carbons (Fsp3) is 0.417. The number of hydrogen-bond donors (Lipinski definition) is 3. The molecule has 0 aliphatic heterocycles. The molecule has 1 aromatic carbocycles. The second-order valence-corrected chi connectivity index (χ2v) is 5.49. The number of carbonyl (C=O) groups excluding carboxylic acids is 1. The number of amides is 2. The number of urea groups is 1. The summed E-state index contributed by atoms with van der Waals surface area (Å²) in [5.41, 5.74) is 0.314. The van der Waals surface area contributed by atoms with Gasteiger partial charge in [-0.1, -0.05) is 13.3 Å². The number of methoxy groups -OCH3 is 1. The third kappa shape index (κ3) is 7.09. The van der Waals surface area contributed by atoms with Crippen molar-refractivity contribution in [3.63, 3.8) is 0 Å². The van der Waals surface area contributed by atoms with Crippen LogP contribution in [0.4, 0.5) is 10.5 Å². The molecule has 0 aromatic heterocycles. The molecule has 9 heteroatoms. The van der Waals surface area contributed by atoms with Crippen LogP contribution < -0.4 is 15.4 Å². The third-order valence-electron chi connectivity index (χ3n) is 2.53. The van der Waals surface area contributed by atoms with Gasteiger partial charge in [0.05, 0.1) is 17.7 Å². The van der Waals surface area contributed by atoms with Gasteiger partial charge in [-0.15, -0.1) is 0 Å². The van der Waals surface area contributed by atoms with Crippen molar-refractivity contribution in [1.29, 1.82) is 0 Å². The third-order valence-corrected chi connectivity index (χ3v) is 3.38. The molecular weight excluding hydrogens is 323 g/mol. The van der Waals surface area contributed by atoms with E-state index in [-0.39, 0.29) is 62.0 Å². The summed E-state index contributed by atoms with van der Waals surface area (Å²) < 4.78 is 36.0. The van der Waals surface area contributed by atoms with Crippen molar-refractivity contribution in [1.82, 2.24) is 5.32 Å². The first-order chi connectivity index (χ1) is 9.38.